The molecule has 10 heteroatoms. The Bertz CT molecular complexity index is 1470. The molecule has 0 bridgehead atoms. The molecular formula is C22H19N5O2S3. The molecule has 0 saturated heterocycles. The van der Waals surface area contributed by atoms with Gasteiger partial charge >= 0.3 is 0 Å². The van der Waals surface area contributed by atoms with Gasteiger partial charge in [0.2, 0.25) is 11.7 Å². The van der Waals surface area contributed by atoms with Gasteiger partial charge in [-0.15, -0.1) is 32.9 Å². The number of thiophene rings is 2. The predicted octanol–water partition coefficient (Wildman–Crippen LogP) is 4.51. The molecule has 0 aliphatic heterocycles. The number of fused-ring (bicyclic) bond motifs is 3. The highest BCUT2D eigenvalue weighted by Gasteiger charge is 2.19. The van der Waals surface area contributed by atoms with Crippen LogP contribution in [0.15, 0.2) is 63.2 Å². The normalized spacial score (nSPS) is 11.4. The lowest BCUT2D eigenvalue weighted by Crippen LogP contribution is -2.22. The first kappa shape index (κ1) is 20.9. The summed E-state index contributed by atoms with van der Waals surface area (Å²) in [5, 5.41) is 16.1. The summed E-state index contributed by atoms with van der Waals surface area (Å²) < 4.78 is 4.18. The van der Waals surface area contributed by atoms with Gasteiger partial charge in [0.1, 0.15) is 4.70 Å². The molecule has 5 rings (SSSR count). The van der Waals surface area contributed by atoms with Crippen LogP contribution in [0.4, 0.5) is 5.69 Å². The van der Waals surface area contributed by atoms with Gasteiger partial charge in [0.05, 0.1) is 17.8 Å². The van der Waals surface area contributed by atoms with Crippen LogP contribution in [0.3, 0.4) is 0 Å². The Morgan fingerprint density at radius 3 is 2.78 bits per heavy atom. The molecule has 162 valence electrons. The van der Waals surface area contributed by atoms with Crippen LogP contribution in [0.5, 0.6) is 0 Å². The van der Waals surface area contributed by atoms with Crippen molar-refractivity contribution in [3.8, 4) is 0 Å². The Morgan fingerprint density at radius 2 is 1.97 bits per heavy atom. The number of aryl methyl sites for hydroxylation is 1. The maximum absolute atomic E-state index is 13.1. The lowest BCUT2D eigenvalue weighted by Gasteiger charge is -2.10. The Balaban J connectivity index is 1.45. The van der Waals surface area contributed by atoms with Crippen LogP contribution in [0.2, 0.25) is 0 Å². The molecule has 1 N–H and O–H groups in total. The lowest BCUT2D eigenvalue weighted by atomic mass is 10.1. The van der Waals surface area contributed by atoms with E-state index in [-0.39, 0.29) is 17.2 Å². The highest BCUT2D eigenvalue weighted by Crippen LogP contribution is 2.25. The number of thioether (sulfide) groups is 1. The molecule has 5 aromatic rings. The number of amides is 1. The van der Waals surface area contributed by atoms with E-state index in [4.69, 9.17) is 0 Å². The van der Waals surface area contributed by atoms with Crippen LogP contribution in [0.25, 0.3) is 16.0 Å². The van der Waals surface area contributed by atoms with Crippen molar-refractivity contribution in [1.29, 1.82) is 0 Å². The molecule has 0 atom stereocenters. The van der Waals surface area contributed by atoms with Crippen molar-refractivity contribution < 1.29 is 4.79 Å². The number of carbonyl (C=O) groups is 1. The van der Waals surface area contributed by atoms with Crippen LogP contribution in [-0.4, -0.2) is 30.8 Å². The SMILES string of the molecule is CCc1ccccc1NC(=O)CSc1nnc2n(Cc3cccs3)c(=O)c3sccc3n12. The van der Waals surface area contributed by atoms with Crippen LogP contribution >= 0.6 is 34.4 Å². The third-order valence-corrected chi connectivity index (χ3v) is 7.76. The number of aromatic nitrogens is 4. The summed E-state index contributed by atoms with van der Waals surface area (Å²) >= 11 is 4.31. The number of benzene rings is 1. The maximum Gasteiger partial charge on any atom is 0.273 e. The zero-order valence-corrected chi connectivity index (χ0v) is 19.6. The molecule has 0 aliphatic carbocycles. The molecule has 4 heterocycles. The van der Waals surface area contributed by atoms with Crippen LogP contribution < -0.4 is 10.9 Å². The molecule has 0 fully saturated rings. The van der Waals surface area contributed by atoms with E-state index in [1.807, 2.05) is 57.6 Å². The summed E-state index contributed by atoms with van der Waals surface area (Å²) in [7, 11) is 0. The van der Waals surface area contributed by atoms with Crippen molar-refractivity contribution in [3.05, 3.63) is 74.0 Å². The largest absolute Gasteiger partial charge is 0.325 e. The van der Waals surface area contributed by atoms with Gasteiger partial charge in [-0.3, -0.25) is 18.6 Å². The van der Waals surface area contributed by atoms with Crippen molar-refractivity contribution in [2.24, 2.45) is 0 Å². The predicted molar refractivity (Wildman–Crippen MR) is 131 cm³/mol. The summed E-state index contributed by atoms with van der Waals surface area (Å²) in [6.45, 7) is 2.49. The van der Waals surface area contributed by atoms with Crippen LogP contribution in [0, 0.1) is 0 Å². The van der Waals surface area contributed by atoms with Gasteiger partial charge in [0, 0.05) is 10.6 Å². The molecule has 0 spiro atoms. The quantitative estimate of drug-likeness (QED) is 0.346. The van der Waals surface area contributed by atoms with E-state index in [1.165, 1.54) is 23.1 Å². The first-order valence-corrected chi connectivity index (χ1v) is 12.8. The molecule has 0 radical (unpaired) electrons. The monoisotopic (exact) mass is 481 g/mol. The molecule has 4 aromatic heterocycles. The molecule has 0 saturated carbocycles. The fourth-order valence-corrected chi connectivity index (χ4v) is 5.82. The number of nitrogens with one attached hydrogen (secondary N) is 1. The summed E-state index contributed by atoms with van der Waals surface area (Å²) in [6.07, 6.45) is 0.844. The van der Waals surface area contributed by atoms with Crippen molar-refractivity contribution in [3.63, 3.8) is 0 Å². The van der Waals surface area contributed by atoms with E-state index >= 15 is 0 Å². The number of hydrogen-bond acceptors (Lipinski definition) is 7. The van der Waals surface area contributed by atoms with E-state index in [0.717, 1.165) is 28.1 Å². The smallest absolute Gasteiger partial charge is 0.273 e. The number of nitrogens with zero attached hydrogens (tertiary/aromatic N) is 4. The summed E-state index contributed by atoms with van der Waals surface area (Å²) in [6, 6.07) is 13.7. The molecule has 7 nitrogen and oxygen atoms in total. The van der Waals surface area contributed by atoms with Crippen molar-refractivity contribution in [2.45, 2.75) is 25.0 Å². The van der Waals surface area contributed by atoms with Gasteiger partial charge in [-0.05, 0) is 40.9 Å². The molecule has 1 amide bonds. The minimum absolute atomic E-state index is 0.0752. The zero-order chi connectivity index (χ0) is 22.1. The van der Waals surface area contributed by atoms with Gasteiger partial charge in [-0.1, -0.05) is 43.0 Å². The summed E-state index contributed by atoms with van der Waals surface area (Å²) in [5.74, 6) is 0.559. The number of hydrogen-bond donors (Lipinski definition) is 1. The number of anilines is 1. The Morgan fingerprint density at radius 1 is 1.09 bits per heavy atom. The van der Waals surface area contributed by atoms with Gasteiger partial charge < -0.3 is 5.32 Å². The third kappa shape index (κ3) is 3.85. The molecule has 32 heavy (non-hydrogen) atoms. The number of para-hydroxylation sites is 1. The fraction of sp³-hybridized carbons (Fsp3) is 0.182. The second-order valence-electron chi connectivity index (χ2n) is 7.07. The average molecular weight is 482 g/mol. The van der Waals surface area contributed by atoms with Crippen molar-refractivity contribution in [2.75, 3.05) is 11.1 Å². The second kappa shape index (κ2) is 8.89. The van der Waals surface area contributed by atoms with Gasteiger partial charge in [-0.25, -0.2) is 0 Å². The maximum atomic E-state index is 13.1. The topological polar surface area (TPSA) is 81.3 Å². The third-order valence-electron chi connectivity index (χ3n) is 5.08. The van der Waals surface area contributed by atoms with Gasteiger partial charge in [-0.2, -0.15) is 0 Å². The fourth-order valence-electron chi connectivity index (χ4n) is 3.56. The van der Waals surface area contributed by atoms with Crippen LogP contribution in [0.1, 0.15) is 17.4 Å². The molecule has 0 aliphatic rings. The first-order valence-electron chi connectivity index (χ1n) is 10.0. The molecular weight excluding hydrogens is 462 g/mol. The minimum Gasteiger partial charge on any atom is -0.325 e. The second-order valence-corrected chi connectivity index (χ2v) is 9.96. The highest BCUT2D eigenvalue weighted by atomic mass is 32.2. The van der Waals surface area contributed by atoms with Crippen molar-refractivity contribution in [1.82, 2.24) is 19.2 Å². The Kier molecular flexibility index (Phi) is 5.81. The van der Waals surface area contributed by atoms with Gasteiger partial charge in [0.25, 0.3) is 5.56 Å². The number of carbonyl (C=O) groups excluding carboxylic acids is 1. The highest BCUT2D eigenvalue weighted by molar-refractivity contribution is 7.99. The standard InChI is InChI=1S/C22H19N5O2S3/c1-2-14-6-3-4-8-16(14)23-18(28)13-32-22-25-24-21-26(12-15-7-5-10-30-15)20(29)19-17(27(21)22)9-11-31-19/h3-11H,2,12-13H2,1H3,(H,23,28). The van der Waals surface area contributed by atoms with E-state index < -0.39 is 0 Å². The van der Waals surface area contributed by atoms with Gasteiger partial charge in [0.15, 0.2) is 5.16 Å². The first-order chi connectivity index (χ1) is 15.7. The van der Waals surface area contributed by atoms with Crippen LogP contribution in [-0.2, 0) is 17.8 Å². The number of rotatable bonds is 7. The van der Waals surface area contributed by atoms with Crippen molar-refractivity contribution >= 4 is 62.0 Å². The van der Waals surface area contributed by atoms with E-state index in [9.17, 15) is 9.59 Å². The Hall–Kier alpha value is -2.95. The van der Waals surface area contributed by atoms with E-state index in [1.54, 1.807) is 15.9 Å². The minimum atomic E-state index is -0.110. The van der Waals surface area contributed by atoms with E-state index in [0.29, 0.717) is 22.2 Å². The summed E-state index contributed by atoms with van der Waals surface area (Å²) in [4.78, 5) is 26.8. The average Bonchev–Trinajstić information content (AvgIpc) is 3.56. The molecule has 1 aromatic carbocycles. The van der Waals surface area contributed by atoms with E-state index in [2.05, 4.69) is 22.4 Å². The molecule has 0 unspecified atom stereocenters. The summed E-state index contributed by atoms with van der Waals surface area (Å²) in [5.41, 5.74) is 2.61. The zero-order valence-electron chi connectivity index (χ0n) is 17.1. The lowest BCUT2D eigenvalue weighted by molar-refractivity contribution is -0.113. The Labute approximate surface area is 195 Å².